The van der Waals surface area contributed by atoms with E-state index >= 15 is 0 Å². The van der Waals surface area contributed by atoms with Gasteiger partial charge in [-0.15, -0.1) is 0 Å². The van der Waals surface area contributed by atoms with Crippen LogP contribution in [0.4, 0.5) is 5.69 Å². The molecule has 2 aromatic carbocycles. The van der Waals surface area contributed by atoms with Crippen molar-refractivity contribution in [3.63, 3.8) is 0 Å². The molecule has 40 heavy (non-hydrogen) atoms. The Morgan fingerprint density at radius 2 is 2.00 bits per heavy atom. The van der Waals surface area contributed by atoms with Crippen LogP contribution in [0, 0.1) is 0 Å². The highest BCUT2D eigenvalue weighted by atomic mass is 16.5. The number of hydrogen-bond acceptors (Lipinski definition) is 8. The first-order valence-electron chi connectivity index (χ1n) is 13.9. The number of β-amino-alcohol motifs (C(OH)–C–C–N with tert-alkyl or cyclic N) is 1. The van der Waals surface area contributed by atoms with Gasteiger partial charge in [0.2, 0.25) is 5.91 Å². The smallest absolute Gasteiger partial charge is 0.251 e. The van der Waals surface area contributed by atoms with E-state index in [9.17, 15) is 14.7 Å². The van der Waals surface area contributed by atoms with Crippen LogP contribution in [0.5, 0.6) is 5.75 Å². The number of carbonyl (C=O) groups excluding carboxylic acids is 2. The third kappa shape index (κ3) is 7.40. The Morgan fingerprint density at radius 1 is 1.15 bits per heavy atom. The van der Waals surface area contributed by atoms with E-state index in [4.69, 9.17) is 9.15 Å². The predicted octanol–water partition coefficient (Wildman–Crippen LogP) is 2.83. The molecule has 5 rings (SSSR count). The first-order valence-corrected chi connectivity index (χ1v) is 13.9. The summed E-state index contributed by atoms with van der Waals surface area (Å²) in [5, 5.41) is 17.0. The van der Waals surface area contributed by atoms with Crippen LogP contribution in [-0.4, -0.2) is 76.6 Å². The van der Waals surface area contributed by atoms with Gasteiger partial charge in [-0.1, -0.05) is 12.1 Å². The number of rotatable bonds is 10. The average molecular weight is 548 g/mol. The summed E-state index contributed by atoms with van der Waals surface area (Å²) in [7, 11) is 0. The monoisotopic (exact) mass is 547 g/mol. The number of aromatic nitrogens is 1. The Kier molecular flexibility index (Phi) is 8.98. The van der Waals surface area contributed by atoms with E-state index in [0.29, 0.717) is 24.5 Å². The van der Waals surface area contributed by atoms with Crippen molar-refractivity contribution in [1.82, 2.24) is 20.1 Å². The molecule has 2 aliphatic rings. The molecular formula is C30H37N5O5. The summed E-state index contributed by atoms with van der Waals surface area (Å²) in [4.78, 5) is 32.3. The summed E-state index contributed by atoms with van der Waals surface area (Å²) in [6, 6.07) is 13.8. The molecule has 10 heteroatoms. The van der Waals surface area contributed by atoms with Gasteiger partial charge >= 0.3 is 0 Å². The first kappa shape index (κ1) is 27.7. The lowest BCUT2D eigenvalue weighted by molar-refractivity contribution is -0.129. The van der Waals surface area contributed by atoms with Crippen molar-refractivity contribution in [2.24, 2.45) is 0 Å². The lowest BCUT2D eigenvalue weighted by Gasteiger charge is -2.32. The summed E-state index contributed by atoms with van der Waals surface area (Å²) in [6.07, 6.45) is 4.97. The molecule has 1 fully saturated rings. The number of anilines is 1. The maximum atomic E-state index is 12.8. The molecular weight excluding hydrogens is 510 g/mol. The molecule has 212 valence electrons. The lowest BCUT2D eigenvalue weighted by Crippen LogP contribution is -2.42. The quantitative estimate of drug-likeness (QED) is 0.355. The molecule has 1 saturated heterocycles. The number of likely N-dealkylation sites (tertiary alicyclic amines) is 1. The molecule has 3 heterocycles. The highest BCUT2D eigenvalue weighted by Gasteiger charge is 2.22. The number of piperidine rings is 1. The Bertz CT molecular complexity index is 1290. The van der Waals surface area contributed by atoms with Crippen LogP contribution in [-0.2, 0) is 24.4 Å². The number of aliphatic hydroxyl groups excluding tert-OH is 1. The zero-order chi connectivity index (χ0) is 27.9. The van der Waals surface area contributed by atoms with Crippen LogP contribution in [0.15, 0.2) is 59.5 Å². The Hall–Kier alpha value is -3.89. The average Bonchev–Trinajstić information content (AvgIpc) is 3.49. The number of nitrogens with one attached hydrogen (secondary N) is 2. The zero-order valence-electron chi connectivity index (χ0n) is 22.8. The second kappa shape index (κ2) is 13.0. The van der Waals surface area contributed by atoms with Crippen molar-refractivity contribution in [3.05, 3.63) is 77.5 Å². The third-order valence-corrected chi connectivity index (χ3v) is 7.54. The molecule has 0 radical (unpaired) electrons. The Labute approximate surface area is 234 Å². The van der Waals surface area contributed by atoms with Gasteiger partial charge in [-0.25, -0.2) is 4.98 Å². The zero-order valence-corrected chi connectivity index (χ0v) is 22.8. The van der Waals surface area contributed by atoms with E-state index in [0.717, 1.165) is 56.9 Å². The summed E-state index contributed by atoms with van der Waals surface area (Å²) < 4.78 is 11.0. The van der Waals surface area contributed by atoms with Gasteiger partial charge in [0.05, 0.1) is 12.3 Å². The van der Waals surface area contributed by atoms with Gasteiger partial charge in [-0.05, 0) is 60.7 Å². The summed E-state index contributed by atoms with van der Waals surface area (Å²) in [5.41, 5.74) is 3.89. The number of carbonyl (C=O) groups is 2. The van der Waals surface area contributed by atoms with E-state index in [2.05, 4.69) is 32.7 Å². The van der Waals surface area contributed by atoms with Gasteiger partial charge in [0.15, 0.2) is 12.2 Å². The van der Waals surface area contributed by atoms with Crippen molar-refractivity contribution in [1.29, 1.82) is 0 Å². The second-order valence-electron chi connectivity index (χ2n) is 10.5. The standard InChI is InChI=1S/C30H37N5O5/c1-21(36)35-11-8-25(9-12-35)33-26-4-2-3-23(13-26)30(38)32-15-27(37)18-34-10-7-22-14-28(6-5-24(22)17-34)39-19-29-16-31-20-40-29/h2-6,13-14,16,20,25,27,33,37H,7-12,15,17-19H2,1H3,(H,32,38)/t27-/m0/s1. The maximum absolute atomic E-state index is 12.8. The molecule has 2 aliphatic heterocycles. The number of nitrogens with zero attached hydrogens (tertiary/aromatic N) is 3. The van der Waals surface area contributed by atoms with E-state index in [1.807, 2.05) is 29.2 Å². The van der Waals surface area contributed by atoms with Crippen molar-refractivity contribution in [2.75, 3.05) is 38.0 Å². The molecule has 1 atom stereocenters. The molecule has 0 saturated carbocycles. The highest BCUT2D eigenvalue weighted by molar-refractivity contribution is 5.95. The van der Waals surface area contributed by atoms with Crippen LogP contribution < -0.4 is 15.4 Å². The minimum Gasteiger partial charge on any atom is -0.486 e. The Morgan fingerprint density at radius 3 is 2.77 bits per heavy atom. The van der Waals surface area contributed by atoms with E-state index in [1.54, 1.807) is 19.2 Å². The number of hydrogen-bond donors (Lipinski definition) is 3. The van der Waals surface area contributed by atoms with Gasteiger partial charge in [0.1, 0.15) is 12.4 Å². The van der Waals surface area contributed by atoms with Gasteiger partial charge in [0.25, 0.3) is 5.91 Å². The van der Waals surface area contributed by atoms with Crippen molar-refractivity contribution < 1.29 is 23.8 Å². The largest absolute Gasteiger partial charge is 0.486 e. The van der Waals surface area contributed by atoms with Gasteiger partial charge < -0.3 is 29.8 Å². The normalized spacial score (nSPS) is 16.7. The van der Waals surface area contributed by atoms with Gasteiger partial charge in [0, 0.05) is 63.5 Å². The fourth-order valence-electron chi connectivity index (χ4n) is 5.30. The van der Waals surface area contributed by atoms with Crippen LogP contribution >= 0.6 is 0 Å². The number of benzene rings is 2. The molecule has 10 nitrogen and oxygen atoms in total. The lowest BCUT2D eigenvalue weighted by atomic mass is 9.99. The SMILES string of the molecule is CC(=O)N1CCC(Nc2cccc(C(=O)NC[C@H](O)CN3CCc4cc(OCc5cnco5)ccc4C3)c2)CC1. The Balaban J connectivity index is 1.05. The second-order valence-corrected chi connectivity index (χ2v) is 10.5. The molecule has 3 aromatic rings. The molecule has 0 bridgehead atoms. The van der Waals surface area contributed by atoms with Crippen LogP contribution in [0.25, 0.3) is 0 Å². The van der Waals surface area contributed by atoms with Crippen molar-refractivity contribution >= 4 is 17.5 Å². The maximum Gasteiger partial charge on any atom is 0.251 e. The number of fused-ring (bicyclic) bond motifs is 1. The van der Waals surface area contributed by atoms with E-state index in [-0.39, 0.29) is 24.4 Å². The van der Waals surface area contributed by atoms with Crippen LogP contribution in [0.1, 0.15) is 47.0 Å². The van der Waals surface area contributed by atoms with Crippen LogP contribution in [0.3, 0.4) is 0 Å². The summed E-state index contributed by atoms with van der Waals surface area (Å²) in [6.45, 7) is 5.65. The van der Waals surface area contributed by atoms with E-state index < -0.39 is 6.10 Å². The molecule has 3 N–H and O–H groups in total. The number of amides is 2. The summed E-state index contributed by atoms with van der Waals surface area (Å²) >= 11 is 0. The topological polar surface area (TPSA) is 120 Å². The number of oxazole rings is 1. The fourth-order valence-corrected chi connectivity index (χ4v) is 5.30. The van der Waals surface area contributed by atoms with Gasteiger partial charge in [-0.3, -0.25) is 14.5 Å². The molecule has 0 spiro atoms. The summed E-state index contributed by atoms with van der Waals surface area (Å²) in [5.74, 6) is 1.38. The predicted molar refractivity (Wildman–Crippen MR) is 150 cm³/mol. The number of ether oxygens (including phenoxy) is 1. The minimum atomic E-state index is -0.678. The fraction of sp³-hybridized carbons (Fsp3) is 0.433. The van der Waals surface area contributed by atoms with E-state index in [1.165, 1.54) is 17.5 Å². The van der Waals surface area contributed by atoms with Crippen LogP contribution in [0.2, 0.25) is 0 Å². The third-order valence-electron chi connectivity index (χ3n) is 7.54. The highest BCUT2D eigenvalue weighted by Crippen LogP contribution is 2.25. The first-order chi connectivity index (χ1) is 19.4. The molecule has 2 amide bonds. The van der Waals surface area contributed by atoms with Crippen molar-refractivity contribution in [3.8, 4) is 5.75 Å². The van der Waals surface area contributed by atoms with Gasteiger partial charge in [-0.2, -0.15) is 0 Å². The molecule has 0 aliphatic carbocycles. The number of aliphatic hydroxyl groups is 1. The minimum absolute atomic E-state index is 0.115. The molecule has 1 aromatic heterocycles. The molecule has 0 unspecified atom stereocenters. The van der Waals surface area contributed by atoms with Crippen molar-refractivity contribution in [2.45, 2.75) is 51.5 Å².